The molecule has 120 valence electrons. The molecule has 2 amide bonds. The van der Waals surface area contributed by atoms with Gasteiger partial charge in [0.2, 0.25) is 6.04 Å². The number of amides is 2. The van der Waals surface area contributed by atoms with Gasteiger partial charge in [0.15, 0.2) is 12.4 Å². The summed E-state index contributed by atoms with van der Waals surface area (Å²) in [5.74, 6) is 1.30. The van der Waals surface area contributed by atoms with Crippen LogP contribution in [0, 0.1) is 5.41 Å². The number of aromatic nitrogens is 1. The van der Waals surface area contributed by atoms with Gasteiger partial charge in [-0.15, -0.1) is 0 Å². The topological polar surface area (TPSA) is 83.1 Å². The lowest BCUT2D eigenvalue weighted by Gasteiger charge is -2.27. The maximum absolute atomic E-state index is 12.5. The molecule has 24 heavy (non-hydrogen) atoms. The number of nitrogens with zero attached hydrogens (tertiary/aromatic N) is 1. The maximum atomic E-state index is 12.5. The molecule has 2 N–H and O–H groups in total. The van der Waals surface area contributed by atoms with E-state index in [0.29, 0.717) is 5.75 Å². The van der Waals surface area contributed by atoms with Crippen LogP contribution in [0.5, 0.6) is 5.75 Å². The Morgan fingerprint density at radius 2 is 1.79 bits per heavy atom. The summed E-state index contributed by atoms with van der Waals surface area (Å²) in [4.78, 5) is 24.6. The summed E-state index contributed by atoms with van der Waals surface area (Å²) in [6.07, 6.45) is 3.52. The van der Waals surface area contributed by atoms with Crippen LogP contribution in [0.3, 0.4) is 0 Å². The van der Waals surface area contributed by atoms with Crippen molar-refractivity contribution >= 4 is 17.7 Å². The van der Waals surface area contributed by atoms with Gasteiger partial charge in [0.05, 0.1) is 18.6 Å². The fraction of sp³-hybridized carbons (Fsp3) is 0.167. The summed E-state index contributed by atoms with van der Waals surface area (Å²) in [5.41, 5.74) is 0.872. The van der Waals surface area contributed by atoms with Gasteiger partial charge in [-0.1, -0.05) is 18.2 Å². The molecule has 1 saturated heterocycles. The lowest BCUT2D eigenvalue weighted by molar-refractivity contribution is -0.711. The van der Waals surface area contributed by atoms with Crippen LogP contribution in [0.1, 0.15) is 17.5 Å². The molecule has 3 rings (SSSR count). The molecule has 2 aromatic rings. The van der Waals surface area contributed by atoms with Crippen molar-refractivity contribution in [2.45, 2.75) is 12.0 Å². The standard InChI is InChI=1S/C18H15N3O3/c1-24-13-7-5-12(6-8-13)15-14(11-19)17(22)20-18(23)16(15)21-9-3-2-4-10-21/h2-10,15-16,19H,1H3/p+1. The molecule has 1 fully saturated rings. The van der Waals surface area contributed by atoms with E-state index >= 15 is 0 Å². The summed E-state index contributed by atoms with van der Waals surface area (Å²) in [6, 6.07) is 11.9. The number of nitrogens with one attached hydrogen (secondary N) is 2. The minimum atomic E-state index is -0.676. The molecule has 1 aliphatic heterocycles. The van der Waals surface area contributed by atoms with Crippen LogP contribution in [0.2, 0.25) is 0 Å². The Balaban J connectivity index is 2.14. The van der Waals surface area contributed by atoms with E-state index in [9.17, 15) is 9.59 Å². The van der Waals surface area contributed by atoms with E-state index in [4.69, 9.17) is 10.1 Å². The smallest absolute Gasteiger partial charge is 0.296 e. The van der Waals surface area contributed by atoms with Gasteiger partial charge in [0.25, 0.3) is 11.8 Å². The number of imide groups is 1. The van der Waals surface area contributed by atoms with Gasteiger partial charge in [-0.25, -0.2) is 0 Å². The van der Waals surface area contributed by atoms with E-state index in [-0.39, 0.29) is 5.57 Å². The number of benzene rings is 1. The third kappa shape index (κ3) is 2.71. The highest BCUT2D eigenvalue weighted by Gasteiger charge is 2.47. The maximum Gasteiger partial charge on any atom is 0.296 e. The highest BCUT2D eigenvalue weighted by molar-refractivity contribution is 6.13. The quantitative estimate of drug-likeness (QED) is 0.385. The lowest BCUT2D eigenvalue weighted by atomic mass is 9.81. The molecule has 0 bridgehead atoms. The van der Waals surface area contributed by atoms with Crippen molar-refractivity contribution in [3.05, 3.63) is 66.0 Å². The zero-order valence-electron chi connectivity index (χ0n) is 13.0. The van der Waals surface area contributed by atoms with Gasteiger partial charge in [-0.05, 0) is 23.6 Å². The number of piperidine rings is 1. The molecule has 1 aromatic carbocycles. The van der Waals surface area contributed by atoms with Gasteiger partial charge >= 0.3 is 0 Å². The molecule has 1 aromatic heterocycles. The first-order chi connectivity index (χ1) is 11.7. The number of carbonyl (C=O) groups is 2. The van der Waals surface area contributed by atoms with E-state index in [1.165, 1.54) is 0 Å². The summed E-state index contributed by atoms with van der Waals surface area (Å²) in [5, 5.41) is 9.82. The number of pyridine rings is 1. The third-order valence-corrected chi connectivity index (χ3v) is 4.05. The molecular weight excluding hydrogens is 306 g/mol. The summed E-state index contributed by atoms with van der Waals surface area (Å²) in [6.45, 7) is 0. The van der Waals surface area contributed by atoms with Crippen molar-refractivity contribution < 1.29 is 18.9 Å². The van der Waals surface area contributed by atoms with Gasteiger partial charge in [-0.2, -0.15) is 4.57 Å². The summed E-state index contributed by atoms with van der Waals surface area (Å²) in [7, 11) is 1.57. The number of rotatable bonds is 3. The summed E-state index contributed by atoms with van der Waals surface area (Å²) < 4.78 is 6.88. The number of ether oxygens (including phenoxy) is 1. The average molecular weight is 322 g/mol. The fourth-order valence-electron chi connectivity index (χ4n) is 2.90. The molecule has 2 unspecified atom stereocenters. The molecule has 6 heteroatoms. The van der Waals surface area contributed by atoms with E-state index in [1.807, 2.05) is 18.2 Å². The third-order valence-electron chi connectivity index (χ3n) is 4.05. The first-order valence-corrected chi connectivity index (χ1v) is 7.40. The Morgan fingerprint density at radius 3 is 2.38 bits per heavy atom. The van der Waals surface area contributed by atoms with Crippen molar-refractivity contribution in [3.8, 4) is 5.75 Å². The lowest BCUT2D eigenvalue weighted by Crippen LogP contribution is -2.57. The predicted molar refractivity (Wildman–Crippen MR) is 85.8 cm³/mol. The zero-order valence-corrected chi connectivity index (χ0v) is 13.0. The first-order valence-electron chi connectivity index (χ1n) is 7.40. The molecule has 2 heterocycles. The minimum Gasteiger partial charge on any atom is -0.497 e. The molecule has 6 nitrogen and oxygen atoms in total. The van der Waals surface area contributed by atoms with Crippen LogP contribution in [0.15, 0.2) is 60.4 Å². The first kappa shape index (κ1) is 15.6. The SMILES string of the molecule is COc1ccc(C2C(=C=N)C(=O)NC(=O)C2[n+]2ccccc2)cc1. The second-order valence-corrected chi connectivity index (χ2v) is 5.38. The minimum absolute atomic E-state index is 0.126. The van der Waals surface area contributed by atoms with Crippen molar-refractivity contribution in [1.82, 2.24) is 5.32 Å². The van der Waals surface area contributed by atoms with Crippen LogP contribution in [-0.4, -0.2) is 24.8 Å². The van der Waals surface area contributed by atoms with Gasteiger partial charge < -0.3 is 4.74 Å². The van der Waals surface area contributed by atoms with E-state index in [1.54, 1.807) is 48.3 Å². The van der Waals surface area contributed by atoms with E-state index in [0.717, 1.165) is 5.56 Å². The van der Waals surface area contributed by atoms with Crippen LogP contribution in [0.25, 0.3) is 0 Å². The molecular formula is C18H16N3O3+. The second kappa shape index (κ2) is 6.48. The Morgan fingerprint density at radius 1 is 1.12 bits per heavy atom. The van der Waals surface area contributed by atoms with Crippen LogP contribution in [0.4, 0.5) is 0 Å². The molecule has 0 saturated carbocycles. The van der Waals surface area contributed by atoms with E-state index in [2.05, 4.69) is 11.2 Å². The molecule has 2 atom stereocenters. The predicted octanol–water partition coefficient (Wildman–Crippen LogP) is 1.14. The van der Waals surface area contributed by atoms with Crippen molar-refractivity contribution in [2.24, 2.45) is 0 Å². The van der Waals surface area contributed by atoms with E-state index < -0.39 is 23.8 Å². The van der Waals surface area contributed by atoms with Gasteiger partial charge in [0, 0.05) is 12.1 Å². The monoisotopic (exact) mass is 322 g/mol. The van der Waals surface area contributed by atoms with Crippen molar-refractivity contribution in [1.29, 1.82) is 5.41 Å². The highest BCUT2D eigenvalue weighted by Crippen LogP contribution is 2.35. The highest BCUT2D eigenvalue weighted by atomic mass is 16.5. The fourth-order valence-corrected chi connectivity index (χ4v) is 2.90. The number of hydrogen-bond acceptors (Lipinski definition) is 4. The molecule has 1 aliphatic rings. The Bertz CT molecular complexity index is 824. The number of methoxy groups -OCH3 is 1. The Kier molecular flexibility index (Phi) is 4.22. The van der Waals surface area contributed by atoms with Gasteiger partial charge in [-0.3, -0.25) is 20.3 Å². The Labute approximate surface area is 138 Å². The van der Waals surface area contributed by atoms with Crippen LogP contribution >= 0.6 is 0 Å². The Hall–Kier alpha value is -3.24. The van der Waals surface area contributed by atoms with Crippen molar-refractivity contribution in [3.63, 3.8) is 0 Å². The van der Waals surface area contributed by atoms with Crippen LogP contribution in [-0.2, 0) is 9.59 Å². The average Bonchev–Trinajstić information content (AvgIpc) is 2.62. The second-order valence-electron chi connectivity index (χ2n) is 5.38. The normalized spacial score (nSPS) is 20.3. The molecule has 0 radical (unpaired) electrons. The number of hydrogen-bond donors (Lipinski definition) is 2. The number of carbonyl (C=O) groups excluding carboxylic acids is 2. The van der Waals surface area contributed by atoms with Gasteiger partial charge in [0.1, 0.15) is 5.75 Å². The molecule has 0 aliphatic carbocycles. The zero-order chi connectivity index (χ0) is 17.1. The van der Waals surface area contributed by atoms with Crippen molar-refractivity contribution in [2.75, 3.05) is 7.11 Å². The summed E-state index contributed by atoms with van der Waals surface area (Å²) >= 11 is 0. The largest absolute Gasteiger partial charge is 0.497 e. The molecule has 0 spiro atoms. The van der Waals surface area contributed by atoms with Crippen LogP contribution < -0.4 is 14.6 Å².